The summed E-state index contributed by atoms with van der Waals surface area (Å²) in [7, 11) is 0. The van der Waals surface area contributed by atoms with E-state index in [1.54, 1.807) is 0 Å². The average molecular weight is 304 g/mol. The number of hydrogen-bond donors (Lipinski definition) is 1. The summed E-state index contributed by atoms with van der Waals surface area (Å²) in [5.41, 5.74) is 0.926. The Bertz CT molecular complexity index is 785. The molecule has 4 rings (SSSR count). The molecule has 2 aromatic rings. The van der Waals surface area contributed by atoms with E-state index in [2.05, 4.69) is 35.4 Å². The largest absolute Gasteiger partial charge is 0.331 e. The van der Waals surface area contributed by atoms with Crippen LogP contribution >= 0.6 is 0 Å². The molecule has 2 fully saturated rings. The lowest BCUT2D eigenvalue weighted by Crippen LogP contribution is -2.52. The van der Waals surface area contributed by atoms with Crippen LogP contribution in [0.1, 0.15) is 12.0 Å². The van der Waals surface area contributed by atoms with Crippen molar-refractivity contribution < 1.29 is 4.79 Å². The number of likely N-dealkylation sites (tertiary alicyclic amines) is 1. The second kappa shape index (κ2) is 6.06. The van der Waals surface area contributed by atoms with E-state index in [0.29, 0.717) is 11.8 Å². The Morgan fingerprint density at radius 2 is 1.78 bits per heavy atom. The number of hydrogen-bond acceptors (Lipinski definition) is 2. The van der Waals surface area contributed by atoms with Gasteiger partial charge in [0.2, 0.25) is 0 Å². The molecule has 2 saturated heterocycles. The molecule has 2 heterocycles. The van der Waals surface area contributed by atoms with Gasteiger partial charge in [-0.25, -0.2) is 0 Å². The molecule has 0 spiro atoms. The van der Waals surface area contributed by atoms with Crippen LogP contribution in [0, 0.1) is 23.7 Å². The molecule has 2 bridgehead atoms. The molecule has 23 heavy (non-hydrogen) atoms. The van der Waals surface area contributed by atoms with Crippen molar-refractivity contribution in [3.8, 4) is 11.8 Å². The number of amides is 1. The van der Waals surface area contributed by atoms with Crippen LogP contribution in [0.4, 0.5) is 0 Å². The summed E-state index contributed by atoms with van der Waals surface area (Å²) in [4.78, 5) is 14.4. The highest BCUT2D eigenvalue weighted by molar-refractivity contribution is 5.96. The molecule has 116 valence electrons. The minimum absolute atomic E-state index is 0.0328. The maximum atomic E-state index is 12.5. The molecule has 0 aromatic heterocycles. The van der Waals surface area contributed by atoms with Crippen LogP contribution in [0.25, 0.3) is 10.8 Å². The number of carbonyl (C=O) groups excluding carboxylic acids is 1. The zero-order valence-electron chi connectivity index (χ0n) is 13.1. The molecule has 0 unspecified atom stereocenters. The summed E-state index contributed by atoms with van der Waals surface area (Å²) in [6, 6.07) is 14.2. The van der Waals surface area contributed by atoms with Crippen LogP contribution in [0.5, 0.6) is 0 Å². The number of nitrogens with one attached hydrogen (secondary N) is 1. The van der Waals surface area contributed by atoms with E-state index in [1.807, 2.05) is 29.2 Å². The Hall–Kier alpha value is -2.31. The van der Waals surface area contributed by atoms with E-state index >= 15 is 0 Å². The standard InChI is InChI=1S/C20H20N2O/c23-20(22-13-15-10-16(14-22)12-21-11-15)9-8-18-6-3-5-17-4-1-2-7-19(17)18/h1-7,15-16,21H,10-14H2/t15-,16+. The fourth-order valence-electron chi connectivity index (χ4n) is 3.81. The van der Waals surface area contributed by atoms with Gasteiger partial charge < -0.3 is 10.2 Å². The lowest BCUT2D eigenvalue weighted by Gasteiger charge is -2.40. The Balaban J connectivity index is 1.56. The number of fused-ring (bicyclic) bond motifs is 3. The van der Waals surface area contributed by atoms with Crippen molar-refractivity contribution in [3.05, 3.63) is 48.0 Å². The maximum absolute atomic E-state index is 12.5. The highest BCUT2D eigenvalue weighted by atomic mass is 16.2. The molecule has 3 nitrogen and oxygen atoms in total. The molecule has 0 aliphatic carbocycles. The van der Waals surface area contributed by atoms with E-state index in [4.69, 9.17) is 0 Å². The number of nitrogens with zero attached hydrogens (tertiary/aromatic N) is 1. The normalized spacial score (nSPS) is 23.2. The average Bonchev–Trinajstić information content (AvgIpc) is 2.59. The molecule has 2 aliphatic rings. The fraction of sp³-hybridized carbons (Fsp3) is 0.350. The van der Waals surface area contributed by atoms with Crippen molar-refractivity contribution >= 4 is 16.7 Å². The van der Waals surface area contributed by atoms with Gasteiger partial charge in [0.25, 0.3) is 5.91 Å². The van der Waals surface area contributed by atoms with E-state index < -0.39 is 0 Å². The van der Waals surface area contributed by atoms with Crippen molar-refractivity contribution in [1.82, 2.24) is 10.2 Å². The zero-order chi connectivity index (χ0) is 15.6. The van der Waals surface area contributed by atoms with Crippen molar-refractivity contribution in [1.29, 1.82) is 0 Å². The quantitative estimate of drug-likeness (QED) is 0.757. The smallest absolute Gasteiger partial charge is 0.298 e. The zero-order valence-corrected chi connectivity index (χ0v) is 13.1. The van der Waals surface area contributed by atoms with E-state index in [9.17, 15) is 4.79 Å². The number of benzene rings is 2. The Labute approximate surface area is 136 Å². The number of piperidine rings is 2. The number of rotatable bonds is 0. The molecular weight excluding hydrogens is 284 g/mol. The van der Waals surface area contributed by atoms with E-state index in [-0.39, 0.29) is 5.91 Å². The monoisotopic (exact) mass is 304 g/mol. The van der Waals surface area contributed by atoms with Gasteiger partial charge in [0, 0.05) is 24.6 Å². The van der Waals surface area contributed by atoms with Gasteiger partial charge in [-0.15, -0.1) is 0 Å². The second-order valence-corrected chi connectivity index (χ2v) is 6.61. The van der Waals surface area contributed by atoms with Crippen LogP contribution in [0.3, 0.4) is 0 Å². The van der Waals surface area contributed by atoms with Gasteiger partial charge in [0.05, 0.1) is 0 Å². The molecule has 2 aliphatic heterocycles. The molecular formula is C20H20N2O. The van der Waals surface area contributed by atoms with Crippen LogP contribution in [0.2, 0.25) is 0 Å². The molecule has 2 aromatic carbocycles. The lowest BCUT2D eigenvalue weighted by atomic mass is 9.86. The summed E-state index contributed by atoms with van der Waals surface area (Å²) in [5.74, 6) is 7.10. The topological polar surface area (TPSA) is 32.3 Å². The van der Waals surface area contributed by atoms with Crippen LogP contribution < -0.4 is 5.32 Å². The summed E-state index contributed by atoms with van der Waals surface area (Å²) in [6.45, 7) is 3.73. The Kier molecular flexibility index (Phi) is 3.77. The van der Waals surface area contributed by atoms with Gasteiger partial charge in [0.1, 0.15) is 0 Å². The van der Waals surface area contributed by atoms with Crippen LogP contribution in [-0.4, -0.2) is 37.0 Å². The van der Waals surface area contributed by atoms with Crippen molar-refractivity contribution in [3.63, 3.8) is 0 Å². The second-order valence-electron chi connectivity index (χ2n) is 6.61. The fourth-order valence-corrected chi connectivity index (χ4v) is 3.81. The van der Waals surface area contributed by atoms with Gasteiger partial charge in [-0.1, -0.05) is 42.3 Å². The minimum Gasteiger partial charge on any atom is -0.331 e. The maximum Gasteiger partial charge on any atom is 0.298 e. The van der Waals surface area contributed by atoms with Gasteiger partial charge >= 0.3 is 0 Å². The SMILES string of the molecule is O=C(C#Cc1cccc2ccccc12)N1C[C@@H]2CNC[C@@H](C2)C1. The molecule has 0 saturated carbocycles. The first-order valence-corrected chi connectivity index (χ1v) is 8.29. The first-order valence-electron chi connectivity index (χ1n) is 8.29. The van der Waals surface area contributed by atoms with Gasteiger partial charge in [-0.3, -0.25) is 4.79 Å². The predicted molar refractivity (Wildman–Crippen MR) is 91.9 cm³/mol. The molecule has 1 N–H and O–H groups in total. The van der Waals surface area contributed by atoms with Crippen molar-refractivity contribution in [2.45, 2.75) is 6.42 Å². The third-order valence-corrected chi connectivity index (χ3v) is 4.87. The first-order chi connectivity index (χ1) is 11.3. The van der Waals surface area contributed by atoms with Crippen LogP contribution in [-0.2, 0) is 4.79 Å². The highest BCUT2D eigenvalue weighted by Crippen LogP contribution is 2.24. The van der Waals surface area contributed by atoms with Gasteiger partial charge in [-0.2, -0.15) is 0 Å². The number of carbonyl (C=O) groups is 1. The van der Waals surface area contributed by atoms with E-state index in [0.717, 1.165) is 42.5 Å². The van der Waals surface area contributed by atoms with Gasteiger partial charge in [0.15, 0.2) is 0 Å². The van der Waals surface area contributed by atoms with E-state index in [1.165, 1.54) is 6.42 Å². The highest BCUT2D eigenvalue weighted by Gasteiger charge is 2.31. The third kappa shape index (κ3) is 2.95. The summed E-state index contributed by atoms with van der Waals surface area (Å²) in [6.07, 6.45) is 1.24. The lowest BCUT2D eigenvalue weighted by molar-refractivity contribution is -0.128. The summed E-state index contributed by atoms with van der Waals surface area (Å²) in [5, 5.41) is 5.71. The third-order valence-electron chi connectivity index (χ3n) is 4.87. The Morgan fingerprint density at radius 3 is 2.61 bits per heavy atom. The predicted octanol–water partition coefficient (Wildman–Crippen LogP) is 2.26. The minimum atomic E-state index is -0.0328. The first kappa shape index (κ1) is 14.3. The summed E-state index contributed by atoms with van der Waals surface area (Å²) >= 11 is 0. The van der Waals surface area contributed by atoms with Crippen LogP contribution in [0.15, 0.2) is 42.5 Å². The molecule has 2 atom stereocenters. The summed E-state index contributed by atoms with van der Waals surface area (Å²) < 4.78 is 0. The Morgan fingerprint density at radius 1 is 1.04 bits per heavy atom. The molecule has 1 amide bonds. The van der Waals surface area contributed by atoms with Crippen molar-refractivity contribution in [2.24, 2.45) is 11.8 Å². The molecule has 3 heteroatoms. The van der Waals surface area contributed by atoms with Gasteiger partial charge in [-0.05, 0) is 48.2 Å². The molecule has 0 radical (unpaired) electrons. The van der Waals surface area contributed by atoms with Crippen molar-refractivity contribution in [2.75, 3.05) is 26.2 Å².